The lowest BCUT2D eigenvalue weighted by Crippen LogP contribution is -2.30. The van der Waals surface area contributed by atoms with Crippen molar-refractivity contribution in [2.45, 2.75) is 6.54 Å². The molecule has 2 amide bonds. The monoisotopic (exact) mass is 459 g/mol. The van der Waals surface area contributed by atoms with Crippen LogP contribution in [0.25, 0.3) is 22.5 Å². The molecule has 0 saturated heterocycles. The Morgan fingerprint density at radius 3 is 2.61 bits per heavy atom. The van der Waals surface area contributed by atoms with Crippen molar-refractivity contribution in [3.63, 3.8) is 0 Å². The highest BCUT2D eigenvalue weighted by molar-refractivity contribution is 6.31. The first-order valence-corrected chi connectivity index (χ1v) is 10.1. The van der Waals surface area contributed by atoms with Crippen LogP contribution in [0.2, 0.25) is 5.02 Å². The minimum Gasteiger partial charge on any atom is -0.325 e. The summed E-state index contributed by atoms with van der Waals surface area (Å²) in [7, 11) is 0. The van der Waals surface area contributed by atoms with Crippen LogP contribution in [0.15, 0.2) is 64.4 Å². The van der Waals surface area contributed by atoms with Crippen molar-refractivity contribution in [1.29, 1.82) is 0 Å². The molecule has 0 bridgehead atoms. The Morgan fingerprint density at radius 1 is 1.06 bits per heavy atom. The number of nitrogens with zero attached hydrogens (tertiary/aromatic N) is 5. The second-order valence-electron chi connectivity index (χ2n) is 7.18. The zero-order valence-electron chi connectivity index (χ0n) is 16.8. The van der Waals surface area contributed by atoms with Crippen LogP contribution in [0.3, 0.4) is 0 Å². The molecule has 1 aliphatic heterocycles. The Kier molecular flexibility index (Phi) is 5.11. The van der Waals surface area contributed by atoms with Crippen molar-refractivity contribution < 1.29 is 9.59 Å². The van der Waals surface area contributed by atoms with E-state index >= 15 is 0 Å². The standard InChI is InChI=1S/C22H14ClN7O3/c23-14-3-1-2-13(8-14)16-9-19(32)30(17-10-24-22(33)20(16)17)11-18(31)25-15-6-4-12(5-7-15)21-26-28-29-27-21/h1-10H,11H2,(H,25,31)(H,26,27,28,29). The number of anilines is 1. The zero-order valence-corrected chi connectivity index (χ0v) is 17.6. The number of halogens is 1. The highest BCUT2D eigenvalue weighted by atomic mass is 35.5. The second kappa shape index (κ2) is 8.24. The maximum absolute atomic E-state index is 12.9. The van der Waals surface area contributed by atoms with Crippen molar-refractivity contribution >= 4 is 35.3 Å². The highest BCUT2D eigenvalue weighted by Crippen LogP contribution is 2.29. The molecular weight excluding hydrogens is 446 g/mol. The van der Waals surface area contributed by atoms with Crippen molar-refractivity contribution in [2.75, 3.05) is 5.32 Å². The van der Waals surface area contributed by atoms with E-state index in [2.05, 4.69) is 30.9 Å². The predicted molar refractivity (Wildman–Crippen MR) is 121 cm³/mol. The van der Waals surface area contributed by atoms with Crippen LogP contribution in [0.1, 0.15) is 16.1 Å². The molecule has 2 N–H and O–H groups in total. The maximum Gasteiger partial charge on any atom is 0.279 e. The fourth-order valence-corrected chi connectivity index (χ4v) is 3.78. The first-order chi connectivity index (χ1) is 16.0. The van der Waals surface area contributed by atoms with E-state index < -0.39 is 17.4 Å². The van der Waals surface area contributed by atoms with E-state index in [0.29, 0.717) is 27.7 Å². The van der Waals surface area contributed by atoms with Gasteiger partial charge in [-0.1, -0.05) is 23.7 Å². The van der Waals surface area contributed by atoms with Crippen LogP contribution >= 0.6 is 11.6 Å². The normalized spacial score (nSPS) is 12.1. The van der Waals surface area contributed by atoms with Gasteiger partial charge in [0.2, 0.25) is 11.7 Å². The minimum absolute atomic E-state index is 0.258. The average Bonchev–Trinajstić information content (AvgIpc) is 3.47. The summed E-state index contributed by atoms with van der Waals surface area (Å²) < 4.78 is 1.22. The Balaban J connectivity index is 1.42. The number of aromatic nitrogens is 5. The Hall–Kier alpha value is -4.44. The van der Waals surface area contributed by atoms with Gasteiger partial charge in [-0.3, -0.25) is 19.0 Å². The first-order valence-electron chi connectivity index (χ1n) is 9.75. The number of tetrazole rings is 1. The number of nitrogens with one attached hydrogen (secondary N) is 2. The topological polar surface area (TPSA) is 135 Å². The summed E-state index contributed by atoms with van der Waals surface area (Å²) in [5.41, 5.74) is 2.40. The van der Waals surface area contributed by atoms with Gasteiger partial charge in [0, 0.05) is 27.9 Å². The van der Waals surface area contributed by atoms with Crippen LogP contribution in [-0.2, 0) is 11.3 Å². The molecule has 3 heterocycles. The zero-order chi connectivity index (χ0) is 22.9. The SMILES string of the molecule is O=C(Cn1c2c(c(-c3cccc(Cl)c3)cc1=O)C(=O)N=C2)Nc1ccc(-c2nn[nH]n2)cc1. The fraction of sp³-hybridized carbons (Fsp3) is 0.0455. The number of carbonyl (C=O) groups excluding carboxylic acids is 2. The van der Waals surface area contributed by atoms with Gasteiger partial charge in [-0.05, 0) is 47.2 Å². The van der Waals surface area contributed by atoms with Gasteiger partial charge in [-0.25, -0.2) is 4.99 Å². The van der Waals surface area contributed by atoms with Crippen LogP contribution in [0.4, 0.5) is 5.69 Å². The van der Waals surface area contributed by atoms with E-state index in [1.54, 1.807) is 48.5 Å². The number of hydrogen-bond donors (Lipinski definition) is 2. The first kappa shape index (κ1) is 20.5. The molecule has 0 atom stereocenters. The Bertz CT molecular complexity index is 1480. The summed E-state index contributed by atoms with van der Waals surface area (Å²) in [5.74, 6) is -0.486. The molecule has 0 fully saturated rings. The molecule has 33 heavy (non-hydrogen) atoms. The predicted octanol–water partition coefficient (Wildman–Crippen LogP) is 2.56. The van der Waals surface area contributed by atoms with Crippen molar-refractivity contribution in [1.82, 2.24) is 25.2 Å². The van der Waals surface area contributed by atoms with Crippen LogP contribution in [0, 0.1) is 0 Å². The molecule has 1 aliphatic rings. The van der Waals surface area contributed by atoms with E-state index in [1.807, 2.05) is 0 Å². The molecule has 0 unspecified atom stereocenters. The number of rotatable bonds is 5. The molecule has 0 aliphatic carbocycles. The lowest BCUT2D eigenvalue weighted by Gasteiger charge is -2.14. The third-order valence-corrected chi connectivity index (χ3v) is 5.31. The molecule has 2 aromatic heterocycles. The largest absolute Gasteiger partial charge is 0.325 e. The van der Waals surface area contributed by atoms with Gasteiger partial charge in [-0.15, -0.1) is 10.2 Å². The van der Waals surface area contributed by atoms with Gasteiger partial charge in [0.15, 0.2) is 0 Å². The van der Waals surface area contributed by atoms with Gasteiger partial charge in [0.1, 0.15) is 6.54 Å². The number of aromatic amines is 1. The van der Waals surface area contributed by atoms with Gasteiger partial charge in [0.05, 0.1) is 17.5 Å². The van der Waals surface area contributed by atoms with Crippen LogP contribution in [0.5, 0.6) is 0 Å². The number of H-pyrrole nitrogens is 1. The molecule has 10 nitrogen and oxygen atoms in total. The van der Waals surface area contributed by atoms with Crippen molar-refractivity contribution in [3.8, 4) is 22.5 Å². The molecule has 0 spiro atoms. The minimum atomic E-state index is -0.480. The van der Waals surface area contributed by atoms with E-state index in [1.165, 1.54) is 16.8 Å². The number of amides is 2. The van der Waals surface area contributed by atoms with Crippen LogP contribution < -0.4 is 10.9 Å². The van der Waals surface area contributed by atoms with E-state index in [0.717, 1.165) is 5.56 Å². The number of benzene rings is 2. The third-order valence-electron chi connectivity index (χ3n) is 5.08. The Morgan fingerprint density at radius 2 is 1.88 bits per heavy atom. The molecule has 4 aromatic rings. The number of pyridine rings is 1. The van der Waals surface area contributed by atoms with Crippen LogP contribution in [-0.4, -0.2) is 43.2 Å². The lowest BCUT2D eigenvalue weighted by molar-refractivity contribution is -0.116. The number of fused-ring (bicyclic) bond motifs is 1. The Labute approximate surface area is 190 Å². The fourth-order valence-electron chi connectivity index (χ4n) is 3.59. The molecule has 2 aromatic carbocycles. The van der Waals surface area contributed by atoms with Crippen molar-refractivity contribution in [2.24, 2.45) is 4.99 Å². The maximum atomic E-state index is 12.9. The summed E-state index contributed by atoms with van der Waals surface area (Å²) in [6.07, 6.45) is 1.31. The summed E-state index contributed by atoms with van der Waals surface area (Å²) in [6, 6.07) is 15.0. The average molecular weight is 460 g/mol. The summed E-state index contributed by atoms with van der Waals surface area (Å²) >= 11 is 6.07. The number of aliphatic imine (C=N–C) groups is 1. The van der Waals surface area contributed by atoms with E-state index in [4.69, 9.17) is 11.6 Å². The van der Waals surface area contributed by atoms with Crippen molar-refractivity contribution in [3.05, 3.63) is 81.2 Å². The number of carbonyl (C=O) groups is 2. The summed E-state index contributed by atoms with van der Waals surface area (Å²) in [6.45, 7) is -0.289. The number of hydrogen-bond acceptors (Lipinski definition) is 6. The van der Waals surface area contributed by atoms with Gasteiger partial charge >= 0.3 is 0 Å². The molecule has 0 radical (unpaired) electrons. The third kappa shape index (κ3) is 3.94. The highest BCUT2D eigenvalue weighted by Gasteiger charge is 2.26. The summed E-state index contributed by atoms with van der Waals surface area (Å²) in [4.78, 5) is 41.8. The molecule has 0 saturated carbocycles. The quantitative estimate of drug-likeness (QED) is 0.471. The molecule has 5 rings (SSSR count). The second-order valence-corrected chi connectivity index (χ2v) is 7.61. The van der Waals surface area contributed by atoms with E-state index in [9.17, 15) is 14.4 Å². The van der Waals surface area contributed by atoms with E-state index in [-0.39, 0.29) is 17.8 Å². The molecule has 11 heteroatoms. The molecular formula is C22H14ClN7O3. The summed E-state index contributed by atoms with van der Waals surface area (Å²) in [5, 5.41) is 16.9. The smallest absolute Gasteiger partial charge is 0.279 e. The van der Waals surface area contributed by atoms with Gasteiger partial charge in [0.25, 0.3) is 11.5 Å². The van der Waals surface area contributed by atoms with Gasteiger partial charge < -0.3 is 5.32 Å². The van der Waals surface area contributed by atoms with Gasteiger partial charge in [-0.2, -0.15) is 5.21 Å². The molecule has 162 valence electrons. The lowest BCUT2D eigenvalue weighted by atomic mass is 9.99.